The average molecular weight is 545 g/mol. The van der Waals surface area contributed by atoms with Crippen molar-refractivity contribution in [2.24, 2.45) is 5.41 Å². The summed E-state index contributed by atoms with van der Waals surface area (Å²) < 4.78 is 19.4. The molecule has 2 heterocycles. The monoisotopic (exact) mass is 544 g/mol. The van der Waals surface area contributed by atoms with Crippen molar-refractivity contribution in [2.45, 2.75) is 73.0 Å². The first-order chi connectivity index (χ1) is 18.7. The Morgan fingerprint density at radius 2 is 1.50 bits per heavy atom. The van der Waals surface area contributed by atoms with Gasteiger partial charge < -0.3 is 14.7 Å². The van der Waals surface area contributed by atoms with E-state index in [1.165, 1.54) is 12.1 Å². The quantitative estimate of drug-likeness (QED) is 0.304. The number of nitrogens with zero attached hydrogens (tertiary/aromatic N) is 2. The minimum Gasteiger partial charge on any atom is -0.479 e. The molecule has 0 unspecified atom stereocenters. The summed E-state index contributed by atoms with van der Waals surface area (Å²) in [5.41, 5.74) is 6.50. The summed E-state index contributed by atoms with van der Waals surface area (Å²) in [4.78, 5) is 19.8. The molecule has 1 aliphatic heterocycles. The van der Waals surface area contributed by atoms with Gasteiger partial charge >= 0.3 is 5.97 Å². The van der Waals surface area contributed by atoms with E-state index in [1.807, 2.05) is 58.9 Å². The van der Waals surface area contributed by atoms with E-state index in [9.17, 15) is 14.3 Å². The number of ether oxygens (including phenoxy) is 1. The number of halogens is 1. The molecule has 4 rings (SSSR count). The predicted octanol–water partition coefficient (Wildman–Crippen LogP) is 8.24. The van der Waals surface area contributed by atoms with E-state index in [4.69, 9.17) is 9.72 Å². The largest absolute Gasteiger partial charge is 0.479 e. The molecule has 40 heavy (non-hydrogen) atoms. The van der Waals surface area contributed by atoms with Crippen LogP contribution in [0.3, 0.4) is 0 Å². The zero-order valence-corrected chi connectivity index (χ0v) is 24.7. The van der Waals surface area contributed by atoms with Crippen molar-refractivity contribution in [1.82, 2.24) is 4.98 Å². The first-order valence-electron chi connectivity index (χ1n) is 13.9. The van der Waals surface area contributed by atoms with Crippen LogP contribution in [0.15, 0.2) is 48.5 Å². The van der Waals surface area contributed by atoms with Crippen LogP contribution in [0.5, 0.6) is 0 Å². The molecule has 0 spiro atoms. The van der Waals surface area contributed by atoms with E-state index in [-0.39, 0.29) is 11.2 Å². The summed E-state index contributed by atoms with van der Waals surface area (Å²) in [7, 11) is 0. The van der Waals surface area contributed by atoms with Crippen molar-refractivity contribution in [3.63, 3.8) is 0 Å². The molecule has 0 radical (unpaired) electrons. The zero-order valence-electron chi connectivity index (χ0n) is 24.7. The van der Waals surface area contributed by atoms with E-state index in [0.717, 1.165) is 59.6 Å². The van der Waals surface area contributed by atoms with Crippen molar-refractivity contribution in [3.05, 3.63) is 82.4 Å². The topological polar surface area (TPSA) is 62.7 Å². The van der Waals surface area contributed by atoms with E-state index >= 15 is 0 Å². The van der Waals surface area contributed by atoms with E-state index < -0.39 is 17.7 Å². The van der Waals surface area contributed by atoms with Crippen molar-refractivity contribution in [2.75, 3.05) is 18.0 Å². The fourth-order valence-corrected chi connectivity index (χ4v) is 5.28. The van der Waals surface area contributed by atoms with Crippen LogP contribution in [-0.4, -0.2) is 34.8 Å². The highest BCUT2D eigenvalue weighted by molar-refractivity contribution is 5.88. The smallest absolute Gasteiger partial charge is 0.337 e. The fourth-order valence-electron chi connectivity index (χ4n) is 5.28. The zero-order chi connectivity index (χ0) is 29.2. The minimum absolute atomic E-state index is 0.237. The molecule has 212 valence electrons. The Labute approximate surface area is 237 Å². The minimum atomic E-state index is -1.14. The van der Waals surface area contributed by atoms with E-state index in [2.05, 4.69) is 30.9 Å². The number of piperidine rings is 1. The second-order valence-electron chi connectivity index (χ2n) is 12.5. The number of carbonyl (C=O) groups is 1. The third-order valence-corrected chi connectivity index (χ3v) is 7.51. The Kier molecular flexibility index (Phi) is 8.50. The fraction of sp³-hybridized carbons (Fsp3) is 0.412. The molecule has 1 atom stereocenters. The number of rotatable bonds is 7. The lowest BCUT2D eigenvalue weighted by Crippen LogP contribution is -2.39. The van der Waals surface area contributed by atoms with Gasteiger partial charge in [0.2, 0.25) is 0 Å². The lowest BCUT2D eigenvalue weighted by Gasteiger charge is -2.41. The molecular weight excluding hydrogens is 503 g/mol. The van der Waals surface area contributed by atoms with Gasteiger partial charge in [-0.15, -0.1) is 0 Å². The Bertz CT molecular complexity index is 1380. The molecule has 1 saturated heterocycles. The summed E-state index contributed by atoms with van der Waals surface area (Å²) in [6, 6.07) is 14.6. The molecule has 2 aromatic carbocycles. The number of pyridine rings is 1. The van der Waals surface area contributed by atoms with Crippen LogP contribution in [0.25, 0.3) is 23.3 Å². The van der Waals surface area contributed by atoms with Gasteiger partial charge in [-0.1, -0.05) is 62.4 Å². The highest BCUT2D eigenvalue weighted by atomic mass is 19.1. The maximum atomic E-state index is 13.2. The number of hydrogen-bond acceptors (Lipinski definition) is 4. The Hall–Kier alpha value is -3.51. The number of anilines is 1. The van der Waals surface area contributed by atoms with E-state index in [0.29, 0.717) is 11.3 Å². The van der Waals surface area contributed by atoms with Gasteiger partial charge in [-0.25, -0.2) is 9.18 Å². The second kappa shape index (κ2) is 11.5. The van der Waals surface area contributed by atoms with Crippen molar-refractivity contribution >= 4 is 23.8 Å². The third-order valence-electron chi connectivity index (χ3n) is 7.51. The lowest BCUT2D eigenvalue weighted by molar-refractivity contribution is -0.160. The van der Waals surface area contributed by atoms with Crippen LogP contribution in [0.1, 0.15) is 81.6 Å². The van der Waals surface area contributed by atoms with Gasteiger partial charge in [0.1, 0.15) is 5.82 Å². The first-order valence-corrected chi connectivity index (χ1v) is 13.9. The number of aryl methyl sites for hydroxylation is 2. The summed E-state index contributed by atoms with van der Waals surface area (Å²) in [6.07, 6.45) is 4.82. The molecule has 3 aromatic rings. The van der Waals surface area contributed by atoms with E-state index in [1.54, 1.807) is 12.1 Å². The average Bonchev–Trinajstić information content (AvgIpc) is 2.87. The van der Waals surface area contributed by atoms with Crippen LogP contribution >= 0.6 is 0 Å². The van der Waals surface area contributed by atoms with Gasteiger partial charge in [0.25, 0.3) is 0 Å². The van der Waals surface area contributed by atoms with Gasteiger partial charge in [-0.3, -0.25) is 4.98 Å². The van der Waals surface area contributed by atoms with Gasteiger partial charge in [0.15, 0.2) is 6.10 Å². The molecule has 1 aromatic heterocycles. The standard InChI is InChI=1S/C34H41FN2O3/c1-22-28(26-14-10-24(11-15-26)8-9-25-12-16-27(35)17-13-25)30(37-20-18-34(6,7)19-21-37)29(23(2)36-22)31(32(38)39)40-33(3,4)5/h8-17,31H,18-21H2,1-7H3,(H,38,39)/b9-8+/t31-/m0/s1. The summed E-state index contributed by atoms with van der Waals surface area (Å²) >= 11 is 0. The molecule has 0 saturated carbocycles. The number of hydrogen-bond donors (Lipinski definition) is 1. The maximum Gasteiger partial charge on any atom is 0.337 e. The van der Waals surface area contributed by atoms with Crippen LogP contribution in [0, 0.1) is 25.1 Å². The highest BCUT2D eigenvalue weighted by Crippen LogP contribution is 2.44. The van der Waals surface area contributed by atoms with Crippen LogP contribution < -0.4 is 4.90 Å². The van der Waals surface area contributed by atoms with Gasteiger partial charge in [0, 0.05) is 35.6 Å². The van der Waals surface area contributed by atoms with Crippen LogP contribution in [0.4, 0.5) is 10.1 Å². The van der Waals surface area contributed by atoms with Crippen LogP contribution in [0.2, 0.25) is 0 Å². The molecule has 5 nitrogen and oxygen atoms in total. The molecular formula is C34H41FN2O3. The van der Waals surface area contributed by atoms with Crippen molar-refractivity contribution < 1.29 is 19.0 Å². The van der Waals surface area contributed by atoms with Gasteiger partial charge in [-0.05, 0) is 81.7 Å². The summed E-state index contributed by atoms with van der Waals surface area (Å²) in [5, 5.41) is 10.4. The Balaban J connectivity index is 1.82. The molecule has 0 aliphatic carbocycles. The summed E-state index contributed by atoms with van der Waals surface area (Å²) in [6.45, 7) is 15.7. The lowest BCUT2D eigenvalue weighted by atomic mass is 9.81. The number of aromatic nitrogens is 1. The second-order valence-corrected chi connectivity index (χ2v) is 12.5. The van der Waals surface area contributed by atoms with Crippen molar-refractivity contribution in [3.8, 4) is 11.1 Å². The van der Waals surface area contributed by atoms with Crippen molar-refractivity contribution in [1.29, 1.82) is 0 Å². The molecule has 1 N–H and O–H groups in total. The summed E-state index contributed by atoms with van der Waals surface area (Å²) in [5.74, 6) is -1.27. The first kappa shape index (κ1) is 29.5. The third kappa shape index (κ3) is 6.97. The molecule has 0 amide bonds. The number of benzene rings is 2. The normalized spacial score (nSPS) is 16.4. The SMILES string of the molecule is Cc1nc(C)c([C@H](OC(C)(C)C)C(=O)O)c(N2CCC(C)(C)CC2)c1-c1ccc(/C=C/c2ccc(F)cc2)cc1. The highest BCUT2D eigenvalue weighted by Gasteiger charge is 2.36. The molecule has 1 fully saturated rings. The number of aliphatic carboxylic acids is 1. The van der Waals surface area contributed by atoms with Gasteiger partial charge in [0.05, 0.1) is 11.3 Å². The molecule has 6 heteroatoms. The van der Waals surface area contributed by atoms with Gasteiger partial charge in [-0.2, -0.15) is 0 Å². The molecule has 1 aliphatic rings. The maximum absolute atomic E-state index is 13.2. The number of carboxylic acids is 1. The predicted molar refractivity (Wildman–Crippen MR) is 161 cm³/mol. The number of carboxylic acid groups (broad SMARTS) is 1. The van der Waals surface area contributed by atoms with Crippen LogP contribution in [-0.2, 0) is 9.53 Å². The Morgan fingerprint density at radius 1 is 0.975 bits per heavy atom. The Morgan fingerprint density at radius 3 is 2.00 bits per heavy atom. The molecule has 0 bridgehead atoms.